The summed E-state index contributed by atoms with van der Waals surface area (Å²) >= 11 is 0. The molecule has 0 aliphatic carbocycles. The maximum atomic E-state index is 13.3. The van der Waals surface area contributed by atoms with Crippen LogP contribution in [0, 0.1) is 25.5 Å². The lowest BCUT2D eigenvalue weighted by molar-refractivity contribution is -0.132. The van der Waals surface area contributed by atoms with Crippen LogP contribution in [0.5, 0.6) is 0 Å². The van der Waals surface area contributed by atoms with Gasteiger partial charge < -0.3 is 9.47 Å². The van der Waals surface area contributed by atoms with Gasteiger partial charge in [-0.25, -0.2) is 8.78 Å². The number of carbonyl (C=O) groups excluding carboxylic acids is 2. The highest BCUT2D eigenvalue weighted by Crippen LogP contribution is 2.22. The van der Waals surface area contributed by atoms with Gasteiger partial charge in [-0.2, -0.15) is 0 Å². The number of carbonyl (C=O) groups is 2. The molecule has 7 heteroatoms. The van der Waals surface area contributed by atoms with Crippen LogP contribution in [0.2, 0.25) is 0 Å². The minimum Gasteiger partial charge on any atom is -0.340 e. The molecule has 1 aromatic heterocycles. The third kappa shape index (κ3) is 5.20. The highest BCUT2D eigenvalue weighted by molar-refractivity contribution is 5.99. The zero-order valence-electron chi connectivity index (χ0n) is 18.9. The van der Waals surface area contributed by atoms with Gasteiger partial charge >= 0.3 is 0 Å². The molecule has 2 heterocycles. The molecule has 172 valence electrons. The lowest BCUT2D eigenvalue weighted by Gasteiger charge is -2.34. The first kappa shape index (κ1) is 22.9. The van der Waals surface area contributed by atoms with Crippen molar-refractivity contribution in [3.8, 4) is 5.69 Å². The number of aryl methyl sites for hydroxylation is 1. The number of halogens is 2. The first-order valence-electron chi connectivity index (χ1n) is 11.0. The zero-order chi connectivity index (χ0) is 23.5. The maximum absolute atomic E-state index is 13.3. The summed E-state index contributed by atoms with van der Waals surface area (Å²) in [6, 6.07) is 14.1. The Hall–Kier alpha value is -3.32. The van der Waals surface area contributed by atoms with E-state index in [4.69, 9.17) is 0 Å². The molecule has 3 aromatic rings. The molecule has 1 fully saturated rings. The second-order valence-electron chi connectivity index (χ2n) is 8.48. The standard InChI is InChI=1S/C26H27F2N3O2/c1-18-15-24(19(2)31(18)23-9-7-22(28)8-10-23)25(32)17-29-11-13-30(14-12-29)26(33)16-20-3-5-21(27)6-4-20/h3-10,15H,11-14,16-17H2,1-2H3. The van der Waals surface area contributed by atoms with Crippen molar-refractivity contribution in [2.24, 2.45) is 0 Å². The molecule has 1 aliphatic heterocycles. The number of hydrogen-bond acceptors (Lipinski definition) is 3. The van der Waals surface area contributed by atoms with E-state index in [0.29, 0.717) is 31.7 Å². The Morgan fingerprint density at radius 1 is 0.848 bits per heavy atom. The van der Waals surface area contributed by atoms with Crippen molar-refractivity contribution in [2.45, 2.75) is 20.3 Å². The van der Waals surface area contributed by atoms with E-state index in [1.807, 2.05) is 24.5 Å². The number of hydrogen-bond donors (Lipinski definition) is 0. The van der Waals surface area contributed by atoms with Crippen molar-refractivity contribution in [2.75, 3.05) is 32.7 Å². The van der Waals surface area contributed by atoms with E-state index in [1.165, 1.54) is 24.3 Å². The molecule has 5 nitrogen and oxygen atoms in total. The topological polar surface area (TPSA) is 45.6 Å². The van der Waals surface area contributed by atoms with Crippen LogP contribution in [0.3, 0.4) is 0 Å². The molecular weight excluding hydrogens is 424 g/mol. The molecule has 0 bridgehead atoms. The third-order valence-corrected chi connectivity index (χ3v) is 6.18. The molecule has 0 saturated carbocycles. The van der Waals surface area contributed by atoms with Gasteiger partial charge in [0.15, 0.2) is 5.78 Å². The molecule has 2 aromatic carbocycles. The van der Waals surface area contributed by atoms with Crippen LogP contribution in [0.15, 0.2) is 54.6 Å². The largest absolute Gasteiger partial charge is 0.340 e. The van der Waals surface area contributed by atoms with E-state index in [0.717, 1.165) is 22.6 Å². The molecule has 33 heavy (non-hydrogen) atoms. The van der Waals surface area contributed by atoms with Gasteiger partial charge in [0.1, 0.15) is 11.6 Å². The van der Waals surface area contributed by atoms with Crippen molar-refractivity contribution in [3.63, 3.8) is 0 Å². The van der Waals surface area contributed by atoms with Crippen LogP contribution in [0.25, 0.3) is 5.69 Å². The number of piperazine rings is 1. The van der Waals surface area contributed by atoms with Crippen molar-refractivity contribution < 1.29 is 18.4 Å². The summed E-state index contributed by atoms with van der Waals surface area (Å²) in [5.74, 6) is -0.575. The molecular formula is C26H27F2N3O2. The van der Waals surface area contributed by atoms with Gasteiger partial charge in [0.2, 0.25) is 5.91 Å². The predicted molar refractivity (Wildman–Crippen MR) is 123 cm³/mol. The average molecular weight is 452 g/mol. The van der Waals surface area contributed by atoms with Crippen LogP contribution >= 0.6 is 0 Å². The summed E-state index contributed by atoms with van der Waals surface area (Å²) < 4.78 is 28.3. The van der Waals surface area contributed by atoms with Gasteiger partial charge in [-0.05, 0) is 61.9 Å². The highest BCUT2D eigenvalue weighted by atomic mass is 19.1. The van der Waals surface area contributed by atoms with Crippen LogP contribution in [0.1, 0.15) is 27.3 Å². The van der Waals surface area contributed by atoms with E-state index in [-0.39, 0.29) is 36.3 Å². The van der Waals surface area contributed by atoms with E-state index >= 15 is 0 Å². The maximum Gasteiger partial charge on any atom is 0.227 e. The SMILES string of the molecule is Cc1cc(C(=O)CN2CCN(C(=O)Cc3ccc(F)cc3)CC2)c(C)n1-c1ccc(F)cc1. The second-order valence-corrected chi connectivity index (χ2v) is 8.48. The Bertz CT molecular complexity index is 1150. The fraction of sp³-hybridized carbons (Fsp3) is 0.308. The van der Waals surface area contributed by atoms with E-state index in [2.05, 4.69) is 4.90 Å². The normalized spacial score (nSPS) is 14.5. The van der Waals surface area contributed by atoms with E-state index < -0.39 is 0 Å². The molecule has 0 N–H and O–H groups in total. The van der Waals surface area contributed by atoms with Crippen molar-refractivity contribution in [1.82, 2.24) is 14.4 Å². The van der Waals surface area contributed by atoms with Crippen molar-refractivity contribution >= 4 is 11.7 Å². The van der Waals surface area contributed by atoms with Gasteiger partial charge in [-0.1, -0.05) is 12.1 Å². The summed E-state index contributed by atoms with van der Waals surface area (Å²) in [5.41, 5.74) is 4.01. The summed E-state index contributed by atoms with van der Waals surface area (Å²) in [4.78, 5) is 29.5. The second kappa shape index (κ2) is 9.67. The molecule has 1 saturated heterocycles. The number of benzene rings is 2. The van der Waals surface area contributed by atoms with Gasteiger partial charge in [-0.3, -0.25) is 14.5 Å². The fourth-order valence-electron chi connectivity index (χ4n) is 4.36. The lowest BCUT2D eigenvalue weighted by atomic mass is 10.1. The summed E-state index contributed by atoms with van der Waals surface area (Å²) in [6.07, 6.45) is 0.245. The summed E-state index contributed by atoms with van der Waals surface area (Å²) in [7, 11) is 0. The number of Topliss-reactive ketones (excluding diaryl/α,β-unsaturated/α-hetero) is 1. The molecule has 4 rings (SSSR count). The third-order valence-electron chi connectivity index (χ3n) is 6.18. The monoisotopic (exact) mass is 451 g/mol. The van der Waals surface area contributed by atoms with Gasteiger partial charge in [0.05, 0.1) is 13.0 Å². The van der Waals surface area contributed by atoms with Gasteiger partial charge in [0.25, 0.3) is 0 Å². The number of ketones is 1. The van der Waals surface area contributed by atoms with Crippen LogP contribution in [0.4, 0.5) is 8.78 Å². The molecule has 0 spiro atoms. The Balaban J connectivity index is 1.35. The van der Waals surface area contributed by atoms with E-state index in [1.54, 1.807) is 29.2 Å². The molecule has 0 radical (unpaired) electrons. The quantitative estimate of drug-likeness (QED) is 0.534. The van der Waals surface area contributed by atoms with Crippen LogP contribution in [-0.2, 0) is 11.2 Å². The molecule has 1 amide bonds. The smallest absolute Gasteiger partial charge is 0.227 e. The molecule has 0 unspecified atom stereocenters. The molecule has 1 aliphatic rings. The zero-order valence-corrected chi connectivity index (χ0v) is 18.9. The predicted octanol–water partition coefficient (Wildman–Crippen LogP) is 3.94. The lowest BCUT2D eigenvalue weighted by Crippen LogP contribution is -2.50. The minimum absolute atomic E-state index is 0.00966. The van der Waals surface area contributed by atoms with Gasteiger partial charge in [-0.15, -0.1) is 0 Å². The van der Waals surface area contributed by atoms with Gasteiger partial charge in [0, 0.05) is 48.8 Å². The van der Waals surface area contributed by atoms with Crippen molar-refractivity contribution in [1.29, 1.82) is 0 Å². The Labute approximate surface area is 192 Å². The Kier molecular flexibility index (Phi) is 6.70. The summed E-state index contributed by atoms with van der Waals surface area (Å²) in [5, 5.41) is 0. The first-order valence-corrected chi connectivity index (χ1v) is 11.0. The summed E-state index contributed by atoms with van der Waals surface area (Å²) in [6.45, 7) is 6.47. The average Bonchev–Trinajstić information content (AvgIpc) is 3.10. The molecule has 0 atom stereocenters. The van der Waals surface area contributed by atoms with E-state index in [9.17, 15) is 18.4 Å². The highest BCUT2D eigenvalue weighted by Gasteiger charge is 2.24. The minimum atomic E-state index is -0.317. The number of nitrogens with zero attached hydrogens (tertiary/aromatic N) is 3. The first-order chi connectivity index (χ1) is 15.8. The van der Waals surface area contributed by atoms with Crippen molar-refractivity contribution in [3.05, 3.63) is 88.7 Å². The Morgan fingerprint density at radius 3 is 2.03 bits per heavy atom. The number of aromatic nitrogens is 1. The number of rotatable bonds is 6. The van der Waals surface area contributed by atoms with Crippen LogP contribution in [-0.4, -0.2) is 58.8 Å². The Morgan fingerprint density at radius 2 is 1.42 bits per heavy atom. The number of amides is 1. The fourth-order valence-corrected chi connectivity index (χ4v) is 4.36. The van der Waals surface area contributed by atoms with Crippen LogP contribution < -0.4 is 0 Å².